The predicted molar refractivity (Wildman–Crippen MR) is 61.5 cm³/mol. The largest absolute Gasteiger partial charge is 0.469 e. The molecule has 1 rings (SSSR count). The molecule has 1 atom stereocenters. The molecule has 0 aliphatic heterocycles. The minimum atomic E-state index is -4.85. The molecule has 1 aromatic carbocycles. The third kappa shape index (κ3) is 3.79. The van der Waals surface area contributed by atoms with Crippen LogP contribution in [0.3, 0.4) is 0 Å². The van der Waals surface area contributed by atoms with Crippen LogP contribution < -0.4 is 0 Å². The van der Waals surface area contributed by atoms with Gasteiger partial charge in [-0.3, -0.25) is 9.59 Å². The van der Waals surface area contributed by atoms with Gasteiger partial charge in [0.2, 0.25) is 0 Å². The quantitative estimate of drug-likeness (QED) is 0.486. The zero-order valence-corrected chi connectivity index (χ0v) is 10.8. The first-order valence-corrected chi connectivity index (χ1v) is 5.64. The lowest BCUT2D eigenvalue weighted by Crippen LogP contribution is -2.19. The summed E-state index contributed by atoms with van der Waals surface area (Å²) >= 11 is 0. The van der Waals surface area contributed by atoms with Crippen LogP contribution in [0.5, 0.6) is 0 Å². The van der Waals surface area contributed by atoms with E-state index in [1.807, 2.05) is 0 Å². The van der Waals surface area contributed by atoms with Gasteiger partial charge in [0.05, 0.1) is 18.6 Å². The standard InChI is InChI=1S/C13H12F4O3/c1-7(12(19)20-2)5-11(18)9-4-3-8(14)6-10(9)13(15,16)17/h3-4,6-7H,5H2,1-2H3. The van der Waals surface area contributed by atoms with Crippen molar-refractivity contribution in [1.29, 1.82) is 0 Å². The van der Waals surface area contributed by atoms with Crippen LogP contribution in [0.2, 0.25) is 0 Å². The Balaban J connectivity index is 3.08. The van der Waals surface area contributed by atoms with Crippen LogP contribution in [-0.4, -0.2) is 18.9 Å². The Hall–Kier alpha value is -1.92. The highest BCUT2D eigenvalue weighted by molar-refractivity contribution is 5.99. The molecule has 3 nitrogen and oxygen atoms in total. The van der Waals surface area contributed by atoms with Crippen molar-refractivity contribution in [3.05, 3.63) is 35.1 Å². The molecular weight excluding hydrogens is 280 g/mol. The maximum absolute atomic E-state index is 12.9. The number of hydrogen-bond donors (Lipinski definition) is 0. The van der Waals surface area contributed by atoms with Gasteiger partial charge in [0.1, 0.15) is 5.82 Å². The predicted octanol–water partition coefficient (Wildman–Crippen LogP) is 3.23. The second-order valence-corrected chi connectivity index (χ2v) is 4.24. The van der Waals surface area contributed by atoms with Crippen molar-refractivity contribution in [1.82, 2.24) is 0 Å². The normalized spacial score (nSPS) is 12.9. The SMILES string of the molecule is COC(=O)C(C)CC(=O)c1ccc(F)cc1C(F)(F)F. The Kier molecular flexibility index (Phi) is 4.86. The van der Waals surface area contributed by atoms with Gasteiger partial charge in [-0.1, -0.05) is 6.92 Å². The molecular formula is C13H12F4O3. The van der Waals surface area contributed by atoms with Crippen molar-refractivity contribution in [3.8, 4) is 0 Å². The number of benzene rings is 1. The summed E-state index contributed by atoms with van der Waals surface area (Å²) in [5.41, 5.74) is -2.01. The fourth-order valence-electron chi connectivity index (χ4n) is 1.67. The molecule has 7 heteroatoms. The van der Waals surface area contributed by atoms with Crippen LogP contribution in [0.15, 0.2) is 18.2 Å². The van der Waals surface area contributed by atoms with Crippen LogP contribution in [-0.2, 0) is 15.7 Å². The average Bonchev–Trinajstić information content (AvgIpc) is 2.36. The van der Waals surface area contributed by atoms with E-state index in [2.05, 4.69) is 4.74 Å². The van der Waals surface area contributed by atoms with Gasteiger partial charge in [-0.25, -0.2) is 4.39 Å². The summed E-state index contributed by atoms with van der Waals surface area (Å²) in [5.74, 6) is -3.56. The molecule has 20 heavy (non-hydrogen) atoms. The smallest absolute Gasteiger partial charge is 0.417 e. The number of Topliss-reactive ketones (excluding diaryl/α,β-unsaturated/α-hetero) is 1. The fraction of sp³-hybridized carbons (Fsp3) is 0.385. The molecule has 0 fully saturated rings. The monoisotopic (exact) mass is 292 g/mol. The van der Waals surface area contributed by atoms with Crippen LogP contribution in [0.25, 0.3) is 0 Å². The number of halogens is 4. The first-order chi connectivity index (χ1) is 9.16. The van der Waals surface area contributed by atoms with Crippen LogP contribution in [0, 0.1) is 11.7 Å². The van der Waals surface area contributed by atoms with E-state index >= 15 is 0 Å². The maximum atomic E-state index is 12.9. The Morgan fingerprint density at radius 1 is 1.30 bits per heavy atom. The molecule has 0 aliphatic rings. The molecule has 0 saturated carbocycles. The van der Waals surface area contributed by atoms with Crippen LogP contribution in [0.1, 0.15) is 29.3 Å². The van der Waals surface area contributed by atoms with E-state index in [1.54, 1.807) is 0 Å². The minimum absolute atomic E-state index is 0.260. The number of esters is 1. The van der Waals surface area contributed by atoms with Crippen molar-refractivity contribution in [3.63, 3.8) is 0 Å². The van der Waals surface area contributed by atoms with Gasteiger partial charge in [0.25, 0.3) is 0 Å². The first-order valence-electron chi connectivity index (χ1n) is 5.64. The number of ether oxygens (including phenoxy) is 1. The molecule has 0 bridgehead atoms. The number of rotatable bonds is 4. The van der Waals surface area contributed by atoms with Gasteiger partial charge in [-0.15, -0.1) is 0 Å². The maximum Gasteiger partial charge on any atom is 0.417 e. The third-order valence-electron chi connectivity index (χ3n) is 2.68. The fourth-order valence-corrected chi connectivity index (χ4v) is 1.67. The zero-order chi connectivity index (χ0) is 15.5. The number of carbonyl (C=O) groups is 2. The van der Waals surface area contributed by atoms with Crippen molar-refractivity contribution < 1.29 is 31.9 Å². The lowest BCUT2D eigenvalue weighted by molar-refractivity contribution is -0.144. The second kappa shape index (κ2) is 6.02. The van der Waals surface area contributed by atoms with Crippen LogP contribution in [0.4, 0.5) is 17.6 Å². The Morgan fingerprint density at radius 2 is 1.90 bits per heavy atom. The summed E-state index contributed by atoms with van der Waals surface area (Å²) in [7, 11) is 1.11. The molecule has 0 N–H and O–H groups in total. The number of ketones is 1. The van der Waals surface area contributed by atoms with Crippen molar-refractivity contribution >= 4 is 11.8 Å². The topological polar surface area (TPSA) is 43.4 Å². The lowest BCUT2D eigenvalue weighted by atomic mass is 9.96. The number of carbonyl (C=O) groups excluding carboxylic acids is 2. The van der Waals surface area contributed by atoms with E-state index in [-0.39, 0.29) is 6.07 Å². The lowest BCUT2D eigenvalue weighted by Gasteiger charge is -2.13. The Morgan fingerprint density at radius 3 is 2.40 bits per heavy atom. The van der Waals surface area contributed by atoms with Crippen molar-refractivity contribution in [2.24, 2.45) is 5.92 Å². The molecule has 0 aliphatic carbocycles. The summed E-state index contributed by atoms with van der Waals surface area (Å²) < 4.78 is 55.5. The molecule has 0 aromatic heterocycles. The number of alkyl halides is 3. The van der Waals surface area contributed by atoms with E-state index in [4.69, 9.17) is 0 Å². The van der Waals surface area contributed by atoms with E-state index in [9.17, 15) is 27.2 Å². The second-order valence-electron chi connectivity index (χ2n) is 4.24. The molecule has 1 aromatic rings. The Bertz CT molecular complexity index is 523. The molecule has 0 heterocycles. The summed E-state index contributed by atoms with van der Waals surface area (Å²) in [6.45, 7) is 1.36. The molecule has 1 unspecified atom stereocenters. The van der Waals surface area contributed by atoms with E-state index < -0.39 is 47.2 Å². The average molecular weight is 292 g/mol. The number of methoxy groups -OCH3 is 1. The van der Waals surface area contributed by atoms with E-state index in [0.29, 0.717) is 0 Å². The van der Waals surface area contributed by atoms with Gasteiger partial charge >= 0.3 is 12.1 Å². The molecule has 0 saturated heterocycles. The van der Waals surface area contributed by atoms with Gasteiger partial charge in [-0.05, 0) is 18.2 Å². The summed E-state index contributed by atoms with van der Waals surface area (Å²) in [5, 5.41) is 0. The zero-order valence-electron chi connectivity index (χ0n) is 10.8. The van der Waals surface area contributed by atoms with E-state index in [0.717, 1.165) is 19.2 Å². The molecule has 0 amide bonds. The molecule has 110 valence electrons. The van der Waals surface area contributed by atoms with E-state index in [1.165, 1.54) is 6.92 Å². The van der Waals surface area contributed by atoms with Crippen LogP contribution >= 0.6 is 0 Å². The molecule has 0 spiro atoms. The number of hydrogen-bond acceptors (Lipinski definition) is 3. The van der Waals surface area contributed by atoms with Crippen molar-refractivity contribution in [2.75, 3.05) is 7.11 Å². The highest BCUT2D eigenvalue weighted by Gasteiger charge is 2.36. The van der Waals surface area contributed by atoms with Gasteiger partial charge in [0.15, 0.2) is 5.78 Å². The van der Waals surface area contributed by atoms with Gasteiger partial charge < -0.3 is 4.74 Å². The van der Waals surface area contributed by atoms with Gasteiger partial charge in [0, 0.05) is 12.0 Å². The summed E-state index contributed by atoms with van der Waals surface area (Å²) in [6, 6.07) is 1.80. The highest BCUT2D eigenvalue weighted by atomic mass is 19.4. The molecule has 0 radical (unpaired) electrons. The van der Waals surface area contributed by atoms with Crippen molar-refractivity contribution in [2.45, 2.75) is 19.5 Å². The van der Waals surface area contributed by atoms with Gasteiger partial charge in [-0.2, -0.15) is 13.2 Å². The first kappa shape index (κ1) is 16.1. The third-order valence-corrected chi connectivity index (χ3v) is 2.68. The summed E-state index contributed by atoms with van der Waals surface area (Å²) in [4.78, 5) is 23.0. The highest BCUT2D eigenvalue weighted by Crippen LogP contribution is 2.33. The Labute approximate surface area is 112 Å². The summed E-state index contributed by atoms with van der Waals surface area (Å²) in [6.07, 6.45) is -5.29. The minimum Gasteiger partial charge on any atom is -0.469 e.